The number of hydrogen-bond donors (Lipinski definition) is 2. The normalized spacial score (nSPS) is 28.8. The molecular weight excluding hydrogens is 228 g/mol. The highest BCUT2D eigenvalue weighted by molar-refractivity contribution is 5.79. The number of nitrogens with zero attached hydrogens (tertiary/aromatic N) is 1. The quantitative estimate of drug-likeness (QED) is 0.773. The number of aliphatic hydroxyl groups excluding tert-OH is 1. The maximum Gasteiger partial charge on any atom is 0.226 e. The Kier molecular flexibility index (Phi) is 5.01. The maximum absolute atomic E-state index is 12.6. The Hall–Kier alpha value is -0.610. The van der Waals surface area contributed by atoms with E-state index in [0.29, 0.717) is 24.4 Å². The minimum absolute atomic E-state index is 0.180. The van der Waals surface area contributed by atoms with Crippen LogP contribution >= 0.6 is 0 Å². The molecule has 4 nitrogen and oxygen atoms in total. The van der Waals surface area contributed by atoms with E-state index in [1.165, 1.54) is 6.42 Å². The van der Waals surface area contributed by atoms with Crippen LogP contribution in [0.25, 0.3) is 0 Å². The van der Waals surface area contributed by atoms with Gasteiger partial charge in [-0.15, -0.1) is 0 Å². The predicted molar refractivity (Wildman–Crippen MR) is 71.2 cm³/mol. The summed E-state index contributed by atoms with van der Waals surface area (Å²) in [5.74, 6) is 0.530. The zero-order valence-corrected chi connectivity index (χ0v) is 11.4. The van der Waals surface area contributed by atoms with Crippen LogP contribution in [0.3, 0.4) is 0 Å². The summed E-state index contributed by atoms with van der Waals surface area (Å²) in [5, 5.41) is 12.4. The lowest BCUT2D eigenvalue weighted by Crippen LogP contribution is -2.50. The van der Waals surface area contributed by atoms with Gasteiger partial charge in [0, 0.05) is 31.2 Å². The van der Waals surface area contributed by atoms with Crippen LogP contribution in [0.1, 0.15) is 45.4 Å². The zero-order valence-electron chi connectivity index (χ0n) is 11.4. The molecule has 4 heteroatoms. The van der Waals surface area contributed by atoms with Crippen LogP contribution in [-0.2, 0) is 4.79 Å². The van der Waals surface area contributed by atoms with Gasteiger partial charge in [0.05, 0.1) is 0 Å². The summed E-state index contributed by atoms with van der Waals surface area (Å²) in [5.41, 5.74) is 0. The second kappa shape index (κ2) is 6.53. The van der Waals surface area contributed by atoms with Crippen LogP contribution in [0.2, 0.25) is 0 Å². The van der Waals surface area contributed by atoms with Gasteiger partial charge in [-0.25, -0.2) is 0 Å². The number of amides is 1. The number of carbonyl (C=O) groups excluding carboxylic acids is 1. The molecular formula is C14H26N2O2. The predicted octanol–water partition coefficient (Wildman–Crippen LogP) is 1.14. The molecule has 0 aromatic rings. The molecule has 2 fully saturated rings. The molecule has 0 radical (unpaired) electrons. The van der Waals surface area contributed by atoms with Crippen LogP contribution in [0, 0.1) is 5.92 Å². The molecule has 1 heterocycles. The standard InChI is InChI=1S/C14H26N2O2/c1-11-10-12(6-7-15-11)14(18)16(8-3-9-17)13-4-2-5-13/h11-13,15,17H,2-10H2,1H3. The average molecular weight is 254 g/mol. The zero-order chi connectivity index (χ0) is 13.0. The van der Waals surface area contributed by atoms with Crippen molar-refractivity contribution in [2.24, 2.45) is 5.92 Å². The third kappa shape index (κ3) is 3.23. The van der Waals surface area contributed by atoms with Gasteiger partial charge in [-0.05, 0) is 52.0 Å². The van der Waals surface area contributed by atoms with E-state index in [9.17, 15) is 4.79 Å². The van der Waals surface area contributed by atoms with Gasteiger partial charge in [-0.2, -0.15) is 0 Å². The van der Waals surface area contributed by atoms with Gasteiger partial charge in [0.15, 0.2) is 0 Å². The number of nitrogens with one attached hydrogen (secondary N) is 1. The monoisotopic (exact) mass is 254 g/mol. The molecule has 1 saturated carbocycles. The molecule has 0 aromatic heterocycles. The maximum atomic E-state index is 12.6. The molecule has 1 amide bonds. The number of carbonyl (C=O) groups is 1. The van der Waals surface area contributed by atoms with E-state index in [1.807, 2.05) is 0 Å². The molecule has 0 aromatic carbocycles. The highest BCUT2D eigenvalue weighted by atomic mass is 16.3. The van der Waals surface area contributed by atoms with Crippen molar-refractivity contribution in [3.05, 3.63) is 0 Å². The smallest absolute Gasteiger partial charge is 0.226 e. The van der Waals surface area contributed by atoms with E-state index < -0.39 is 0 Å². The molecule has 2 unspecified atom stereocenters. The van der Waals surface area contributed by atoms with Gasteiger partial charge in [0.1, 0.15) is 0 Å². The lowest BCUT2D eigenvalue weighted by molar-refractivity contribution is -0.141. The third-order valence-electron chi connectivity index (χ3n) is 4.33. The highest BCUT2D eigenvalue weighted by Gasteiger charge is 2.34. The van der Waals surface area contributed by atoms with E-state index in [1.54, 1.807) is 0 Å². The Bertz CT molecular complexity index is 279. The minimum atomic E-state index is 0.180. The number of aliphatic hydroxyl groups is 1. The summed E-state index contributed by atoms with van der Waals surface area (Å²) < 4.78 is 0. The van der Waals surface area contributed by atoms with E-state index >= 15 is 0 Å². The Labute approximate surface area is 110 Å². The van der Waals surface area contributed by atoms with E-state index in [4.69, 9.17) is 5.11 Å². The molecule has 18 heavy (non-hydrogen) atoms. The van der Waals surface area contributed by atoms with Gasteiger partial charge < -0.3 is 15.3 Å². The van der Waals surface area contributed by atoms with Gasteiger partial charge in [-0.3, -0.25) is 4.79 Å². The van der Waals surface area contributed by atoms with Gasteiger partial charge in [0.2, 0.25) is 5.91 Å². The van der Waals surface area contributed by atoms with Crippen molar-refractivity contribution < 1.29 is 9.90 Å². The molecule has 1 aliphatic heterocycles. The van der Waals surface area contributed by atoms with Crippen molar-refractivity contribution in [3.63, 3.8) is 0 Å². The number of piperidine rings is 1. The summed E-state index contributed by atoms with van der Waals surface area (Å²) >= 11 is 0. The molecule has 2 rings (SSSR count). The summed E-state index contributed by atoms with van der Waals surface area (Å²) in [6.07, 6.45) is 6.18. The fraction of sp³-hybridized carbons (Fsp3) is 0.929. The van der Waals surface area contributed by atoms with Crippen LogP contribution in [-0.4, -0.2) is 47.7 Å². The van der Waals surface area contributed by atoms with Crippen molar-refractivity contribution in [2.75, 3.05) is 19.7 Å². The first-order valence-corrected chi connectivity index (χ1v) is 7.37. The molecule has 2 atom stereocenters. The molecule has 104 valence electrons. The second-order valence-electron chi connectivity index (χ2n) is 5.77. The summed E-state index contributed by atoms with van der Waals surface area (Å²) in [6, 6.07) is 0.906. The van der Waals surface area contributed by atoms with Crippen molar-refractivity contribution >= 4 is 5.91 Å². The van der Waals surface area contributed by atoms with Gasteiger partial charge in [-0.1, -0.05) is 0 Å². The number of hydrogen-bond acceptors (Lipinski definition) is 3. The fourth-order valence-electron chi connectivity index (χ4n) is 3.00. The van der Waals surface area contributed by atoms with E-state index in [2.05, 4.69) is 17.1 Å². The largest absolute Gasteiger partial charge is 0.396 e. The minimum Gasteiger partial charge on any atom is -0.396 e. The molecule has 1 saturated heterocycles. The topological polar surface area (TPSA) is 52.6 Å². The number of rotatable bonds is 5. The second-order valence-corrected chi connectivity index (χ2v) is 5.77. The first-order valence-electron chi connectivity index (χ1n) is 7.37. The lowest BCUT2D eigenvalue weighted by Gasteiger charge is -2.40. The molecule has 2 N–H and O–H groups in total. The van der Waals surface area contributed by atoms with Crippen molar-refractivity contribution in [1.82, 2.24) is 10.2 Å². The average Bonchev–Trinajstić information content (AvgIpc) is 2.31. The molecule has 2 aliphatic rings. The van der Waals surface area contributed by atoms with Crippen LogP contribution in [0.15, 0.2) is 0 Å². The van der Waals surface area contributed by atoms with Crippen LogP contribution < -0.4 is 5.32 Å². The first-order chi connectivity index (χ1) is 8.72. The molecule has 0 spiro atoms. The molecule has 1 aliphatic carbocycles. The van der Waals surface area contributed by atoms with Crippen molar-refractivity contribution in [2.45, 2.75) is 57.5 Å². The van der Waals surface area contributed by atoms with E-state index in [-0.39, 0.29) is 12.5 Å². The van der Waals surface area contributed by atoms with Gasteiger partial charge in [0.25, 0.3) is 0 Å². The Morgan fingerprint density at radius 1 is 1.39 bits per heavy atom. The Morgan fingerprint density at radius 3 is 2.72 bits per heavy atom. The summed E-state index contributed by atoms with van der Waals surface area (Å²) in [6.45, 7) is 4.02. The Balaban J connectivity index is 1.93. The fourth-order valence-corrected chi connectivity index (χ4v) is 3.00. The van der Waals surface area contributed by atoms with Crippen molar-refractivity contribution in [3.8, 4) is 0 Å². The van der Waals surface area contributed by atoms with Crippen molar-refractivity contribution in [1.29, 1.82) is 0 Å². The third-order valence-corrected chi connectivity index (χ3v) is 4.33. The lowest BCUT2D eigenvalue weighted by atomic mass is 9.87. The summed E-state index contributed by atoms with van der Waals surface area (Å²) in [7, 11) is 0. The molecule has 0 bridgehead atoms. The summed E-state index contributed by atoms with van der Waals surface area (Å²) in [4.78, 5) is 14.7. The first kappa shape index (κ1) is 13.8. The van der Waals surface area contributed by atoms with Crippen LogP contribution in [0.4, 0.5) is 0 Å². The van der Waals surface area contributed by atoms with Crippen LogP contribution in [0.5, 0.6) is 0 Å². The highest BCUT2D eigenvalue weighted by Crippen LogP contribution is 2.28. The van der Waals surface area contributed by atoms with E-state index in [0.717, 1.165) is 38.8 Å². The van der Waals surface area contributed by atoms with Gasteiger partial charge >= 0.3 is 0 Å². The SMILES string of the molecule is CC1CC(C(=O)N(CCCO)C2CCC2)CCN1. The Morgan fingerprint density at radius 2 is 2.17 bits per heavy atom.